The van der Waals surface area contributed by atoms with Crippen molar-refractivity contribution in [2.45, 2.75) is 25.8 Å². The first-order valence-corrected chi connectivity index (χ1v) is 10.7. The zero-order chi connectivity index (χ0) is 20.1. The van der Waals surface area contributed by atoms with Crippen LogP contribution in [0.15, 0.2) is 48.5 Å². The third-order valence-electron chi connectivity index (χ3n) is 4.96. The number of carbonyl (C=O) groups excluding carboxylic acids is 2. The summed E-state index contributed by atoms with van der Waals surface area (Å²) in [5.74, 6) is 0.112. The highest BCUT2D eigenvalue weighted by molar-refractivity contribution is 7.18. The monoisotopic (exact) mass is 408 g/mol. The van der Waals surface area contributed by atoms with Gasteiger partial charge in [-0.05, 0) is 42.7 Å². The van der Waals surface area contributed by atoms with E-state index in [-0.39, 0.29) is 11.8 Å². The summed E-state index contributed by atoms with van der Waals surface area (Å²) in [6.07, 6.45) is 2.11. The number of rotatable bonds is 7. The fraction of sp³-hybridized carbons (Fsp3) is 0.318. The number of nitrogens with zero attached hydrogens (tertiary/aromatic N) is 2. The second-order valence-electron chi connectivity index (χ2n) is 7.14. The van der Waals surface area contributed by atoms with Gasteiger partial charge in [-0.3, -0.25) is 9.59 Å². The molecule has 1 aliphatic heterocycles. The Morgan fingerprint density at radius 1 is 1.17 bits per heavy atom. The summed E-state index contributed by atoms with van der Waals surface area (Å²) in [6.45, 7) is 2.40. The largest absolute Gasteiger partial charge is 0.360 e. The number of aromatic nitrogens is 1. The van der Waals surface area contributed by atoms with Crippen LogP contribution in [-0.2, 0) is 22.6 Å². The molecule has 1 saturated heterocycles. The maximum absolute atomic E-state index is 12.1. The number of benzene rings is 2. The van der Waals surface area contributed by atoms with Crippen molar-refractivity contribution < 1.29 is 9.59 Å². The van der Waals surface area contributed by atoms with Gasteiger partial charge in [0.1, 0.15) is 0 Å². The summed E-state index contributed by atoms with van der Waals surface area (Å²) in [5.41, 5.74) is 3.12. The van der Waals surface area contributed by atoms with Crippen molar-refractivity contribution in [1.29, 1.82) is 0 Å². The van der Waals surface area contributed by atoms with Gasteiger partial charge in [0.15, 0.2) is 0 Å². The molecule has 6 nitrogen and oxygen atoms in total. The zero-order valence-electron chi connectivity index (χ0n) is 16.2. The van der Waals surface area contributed by atoms with Crippen LogP contribution in [0.3, 0.4) is 0 Å². The highest BCUT2D eigenvalue weighted by Gasteiger charge is 2.16. The number of piperazine rings is 1. The molecular formula is C22H24N4O2S. The maximum atomic E-state index is 12.1. The van der Waals surface area contributed by atoms with E-state index in [4.69, 9.17) is 0 Å². The molecule has 1 aromatic heterocycles. The van der Waals surface area contributed by atoms with Crippen LogP contribution in [0.25, 0.3) is 10.2 Å². The van der Waals surface area contributed by atoms with Gasteiger partial charge in [0.2, 0.25) is 11.8 Å². The van der Waals surface area contributed by atoms with Crippen LogP contribution in [0, 0.1) is 0 Å². The molecule has 1 aliphatic rings. The van der Waals surface area contributed by atoms with E-state index in [0.717, 1.165) is 41.2 Å². The molecule has 29 heavy (non-hydrogen) atoms. The molecule has 4 rings (SSSR count). The van der Waals surface area contributed by atoms with Gasteiger partial charge < -0.3 is 15.5 Å². The lowest BCUT2D eigenvalue weighted by atomic mass is 10.1. The molecule has 0 bridgehead atoms. The smallest absolute Gasteiger partial charge is 0.239 e. The number of fused-ring (bicyclic) bond motifs is 1. The van der Waals surface area contributed by atoms with Gasteiger partial charge in [-0.25, -0.2) is 4.98 Å². The second kappa shape index (κ2) is 9.05. The highest BCUT2D eigenvalue weighted by Crippen LogP contribution is 2.22. The average molecular weight is 409 g/mol. The molecule has 2 N–H and O–H groups in total. The van der Waals surface area contributed by atoms with Crippen LogP contribution >= 0.6 is 11.3 Å². The number of aryl methyl sites for hydroxylation is 1. The van der Waals surface area contributed by atoms with Crippen molar-refractivity contribution in [2.24, 2.45) is 0 Å². The number of carbonyl (C=O) groups is 2. The van der Waals surface area contributed by atoms with Gasteiger partial charge in [-0.2, -0.15) is 0 Å². The fourth-order valence-corrected chi connectivity index (χ4v) is 4.41. The Kier molecular flexibility index (Phi) is 6.05. The first kappa shape index (κ1) is 19.4. The van der Waals surface area contributed by atoms with Gasteiger partial charge in [0, 0.05) is 31.7 Å². The molecule has 3 aromatic rings. The summed E-state index contributed by atoms with van der Waals surface area (Å²) in [5, 5.41) is 6.90. The predicted octanol–water partition coefficient (Wildman–Crippen LogP) is 2.87. The Balaban J connectivity index is 1.20. The molecule has 7 heteroatoms. The molecule has 2 heterocycles. The van der Waals surface area contributed by atoms with Gasteiger partial charge >= 0.3 is 0 Å². The van der Waals surface area contributed by atoms with E-state index >= 15 is 0 Å². The van der Waals surface area contributed by atoms with Crippen molar-refractivity contribution in [3.8, 4) is 0 Å². The summed E-state index contributed by atoms with van der Waals surface area (Å²) < 4.78 is 1.19. The summed E-state index contributed by atoms with van der Waals surface area (Å²) in [6, 6.07) is 16.1. The summed E-state index contributed by atoms with van der Waals surface area (Å²) in [7, 11) is 0. The molecule has 0 atom stereocenters. The standard InChI is InChI=1S/C22H24N4O2S/c27-20(6-3-7-22-25-18-4-1-2-5-19(18)29-22)24-14-16-8-10-17(11-9-16)26-13-12-23-21(28)15-26/h1-2,4-5,8-11H,3,6-7,12-15H2,(H,23,28)(H,24,27). The summed E-state index contributed by atoms with van der Waals surface area (Å²) in [4.78, 5) is 30.3. The topological polar surface area (TPSA) is 74.3 Å². The Bertz CT molecular complexity index is 966. The molecular weight excluding hydrogens is 384 g/mol. The van der Waals surface area contributed by atoms with Gasteiger partial charge in [0.25, 0.3) is 0 Å². The van der Waals surface area contributed by atoms with E-state index < -0.39 is 0 Å². The molecule has 0 unspecified atom stereocenters. The number of thiazole rings is 1. The van der Waals surface area contributed by atoms with Crippen LogP contribution in [0.1, 0.15) is 23.4 Å². The van der Waals surface area contributed by atoms with E-state index in [0.29, 0.717) is 26.1 Å². The van der Waals surface area contributed by atoms with Crippen LogP contribution in [0.5, 0.6) is 0 Å². The minimum Gasteiger partial charge on any atom is -0.360 e. The zero-order valence-corrected chi connectivity index (χ0v) is 17.0. The highest BCUT2D eigenvalue weighted by atomic mass is 32.1. The Morgan fingerprint density at radius 3 is 2.79 bits per heavy atom. The van der Waals surface area contributed by atoms with Crippen LogP contribution in [0.4, 0.5) is 5.69 Å². The number of amides is 2. The van der Waals surface area contributed by atoms with Crippen molar-refractivity contribution in [2.75, 3.05) is 24.5 Å². The number of hydrogen-bond donors (Lipinski definition) is 2. The van der Waals surface area contributed by atoms with Crippen molar-refractivity contribution >= 4 is 39.1 Å². The Morgan fingerprint density at radius 2 is 2.00 bits per heavy atom. The van der Waals surface area contributed by atoms with E-state index in [1.807, 2.05) is 42.5 Å². The molecule has 2 aromatic carbocycles. The predicted molar refractivity (Wildman–Crippen MR) is 116 cm³/mol. The first-order chi connectivity index (χ1) is 14.2. The minimum absolute atomic E-state index is 0.0541. The lowest BCUT2D eigenvalue weighted by molar-refractivity contribution is -0.121. The molecule has 1 fully saturated rings. The van der Waals surface area contributed by atoms with E-state index in [2.05, 4.69) is 26.6 Å². The van der Waals surface area contributed by atoms with Gasteiger partial charge in [-0.1, -0.05) is 24.3 Å². The first-order valence-electron chi connectivity index (χ1n) is 9.89. The molecule has 0 radical (unpaired) electrons. The lowest BCUT2D eigenvalue weighted by Gasteiger charge is -2.28. The van der Waals surface area contributed by atoms with Gasteiger partial charge in [0.05, 0.1) is 21.8 Å². The minimum atomic E-state index is 0.0541. The van der Waals surface area contributed by atoms with Crippen LogP contribution in [-0.4, -0.2) is 36.4 Å². The summed E-state index contributed by atoms with van der Waals surface area (Å²) >= 11 is 1.70. The number of anilines is 1. The van der Waals surface area contributed by atoms with Crippen molar-refractivity contribution in [3.05, 3.63) is 59.1 Å². The van der Waals surface area contributed by atoms with E-state index in [1.54, 1.807) is 11.3 Å². The third-order valence-corrected chi connectivity index (χ3v) is 6.06. The number of para-hydroxylation sites is 1. The second-order valence-corrected chi connectivity index (χ2v) is 8.26. The van der Waals surface area contributed by atoms with Crippen LogP contribution < -0.4 is 15.5 Å². The molecule has 2 amide bonds. The number of hydrogen-bond acceptors (Lipinski definition) is 5. The maximum Gasteiger partial charge on any atom is 0.239 e. The molecule has 0 spiro atoms. The van der Waals surface area contributed by atoms with E-state index in [1.165, 1.54) is 4.70 Å². The Hall–Kier alpha value is -2.93. The normalized spacial score (nSPS) is 14.1. The molecule has 0 aliphatic carbocycles. The van der Waals surface area contributed by atoms with E-state index in [9.17, 15) is 9.59 Å². The van der Waals surface area contributed by atoms with Crippen molar-refractivity contribution in [3.63, 3.8) is 0 Å². The third kappa shape index (κ3) is 5.12. The molecule has 150 valence electrons. The van der Waals surface area contributed by atoms with Gasteiger partial charge in [-0.15, -0.1) is 11.3 Å². The quantitative estimate of drug-likeness (QED) is 0.630. The SMILES string of the molecule is O=C(CCCc1nc2ccccc2s1)NCc1ccc(N2CCNC(=O)C2)cc1. The van der Waals surface area contributed by atoms with Crippen LogP contribution in [0.2, 0.25) is 0 Å². The fourth-order valence-electron chi connectivity index (χ4n) is 3.40. The average Bonchev–Trinajstić information content (AvgIpc) is 3.15. The Labute approximate surface area is 173 Å². The van der Waals surface area contributed by atoms with Crippen molar-refractivity contribution in [1.82, 2.24) is 15.6 Å². The lowest BCUT2D eigenvalue weighted by Crippen LogP contribution is -2.47. The number of nitrogens with one attached hydrogen (secondary N) is 2. The molecule has 0 saturated carbocycles.